The van der Waals surface area contributed by atoms with Gasteiger partial charge in [-0.25, -0.2) is 4.79 Å². The highest BCUT2D eigenvalue weighted by Gasteiger charge is 2.10. The fourth-order valence-electron chi connectivity index (χ4n) is 1.86. The Morgan fingerprint density at radius 1 is 1.29 bits per heavy atom. The highest BCUT2D eigenvalue weighted by Crippen LogP contribution is 2.20. The van der Waals surface area contributed by atoms with E-state index in [9.17, 15) is 4.79 Å². The molecule has 0 spiro atoms. The van der Waals surface area contributed by atoms with Crippen LogP contribution in [0.2, 0.25) is 5.02 Å². The second kappa shape index (κ2) is 3.82. The van der Waals surface area contributed by atoms with E-state index in [4.69, 9.17) is 16.0 Å². The lowest BCUT2D eigenvalue weighted by atomic mass is 10.3. The van der Waals surface area contributed by atoms with Crippen LogP contribution in [0.1, 0.15) is 5.76 Å². The van der Waals surface area contributed by atoms with E-state index in [0.717, 1.165) is 11.3 Å². The summed E-state index contributed by atoms with van der Waals surface area (Å²) in [6, 6.07) is 9.04. The Morgan fingerprint density at radius 2 is 2.18 bits per heavy atom. The molecule has 0 unspecified atom stereocenters. The molecule has 0 aliphatic carbocycles. The molecule has 4 nitrogen and oxygen atoms in total. The van der Waals surface area contributed by atoms with Crippen molar-refractivity contribution in [3.8, 4) is 0 Å². The molecule has 0 saturated carbocycles. The van der Waals surface area contributed by atoms with Crippen molar-refractivity contribution >= 4 is 22.6 Å². The number of nitrogens with one attached hydrogen (secondary N) is 1. The third-order valence-corrected chi connectivity index (χ3v) is 2.97. The SMILES string of the molecule is O=c1[nH]c2c(Cl)cccc2n1Cc1ccco1. The van der Waals surface area contributed by atoms with Crippen LogP contribution < -0.4 is 5.69 Å². The van der Waals surface area contributed by atoms with Gasteiger partial charge in [-0.3, -0.25) is 4.57 Å². The van der Waals surface area contributed by atoms with Gasteiger partial charge in [0.05, 0.1) is 28.9 Å². The van der Waals surface area contributed by atoms with E-state index in [1.807, 2.05) is 18.2 Å². The lowest BCUT2D eigenvalue weighted by molar-refractivity contribution is 0.493. The summed E-state index contributed by atoms with van der Waals surface area (Å²) in [4.78, 5) is 14.6. The first kappa shape index (κ1) is 10.2. The molecule has 2 heterocycles. The van der Waals surface area contributed by atoms with Gasteiger partial charge >= 0.3 is 5.69 Å². The van der Waals surface area contributed by atoms with Gasteiger partial charge in [0.15, 0.2) is 0 Å². The van der Waals surface area contributed by atoms with E-state index in [1.165, 1.54) is 0 Å². The van der Waals surface area contributed by atoms with Crippen LogP contribution in [0.4, 0.5) is 0 Å². The van der Waals surface area contributed by atoms with Crippen molar-refractivity contribution in [2.75, 3.05) is 0 Å². The smallest absolute Gasteiger partial charge is 0.326 e. The number of hydrogen-bond donors (Lipinski definition) is 1. The fraction of sp³-hybridized carbons (Fsp3) is 0.0833. The number of halogens is 1. The van der Waals surface area contributed by atoms with Crippen LogP contribution in [0.15, 0.2) is 45.8 Å². The highest BCUT2D eigenvalue weighted by molar-refractivity contribution is 6.34. The molecule has 0 amide bonds. The maximum absolute atomic E-state index is 11.8. The number of hydrogen-bond acceptors (Lipinski definition) is 2. The third-order valence-electron chi connectivity index (χ3n) is 2.65. The Kier molecular flexibility index (Phi) is 2.30. The van der Waals surface area contributed by atoms with E-state index >= 15 is 0 Å². The second-order valence-electron chi connectivity index (χ2n) is 3.73. The molecule has 0 aliphatic rings. The topological polar surface area (TPSA) is 50.9 Å². The zero-order chi connectivity index (χ0) is 11.8. The normalized spacial score (nSPS) is 11.1. The van der Waals surface area contributed by atoms with Crippen LogP contribution in [0.5, 0.6) is 0 Å². The molecule has 5 heteroatoms. The number of H-pyrrole nitrogens is 1. The third kappa shape index (κ3) is 1.66. The average Bonchev–Trinajstić information content (AvgIpc) is 2.91. The molecule has 0 fully saturated rings. The van der Waals surface area contributed by atoms with Crippen molar-refractivity contribution in [3.63, 3.8) is 0 Å². The molecule has 17 heavy (non-hydrogen) atoms. The number of aromatic nitrogens is 2. The van der Waals surface area contributed by atoms with Crippen molar-refractivity contribution in [1.29, 1.82) is 0 Å². The Labute approximate surface area is 101 Å². The molecule has 3 rings (SSSR count). The van der Waals surface area contributed by atoms with Crippen molar-refractivity contribution in [1.82, 2.24) is 9.55 Å². The minimum Gasteiger partial charge on any atom is -0.467 e. The van der Waals surface area contributed by atoms with Crippen molar-refractivity contribution in [2.45, 2.75) is 6.54 Å². The van der Waals surface area contributed by atoms with Gasteiger partial charge in [-0.05, 0) is 24.3 Å². The van der Waals surface area contributed by atoms with Gasteiger partial charge in [0.25, 0.3) is 0 Å². The molecule has 86 valence electrons. The number of nitrogens with zero attached hydrogens (tertiary/aromatic N) is 1. The number of furan rings is 1. The lowest BCUT2D eigenvalue weighted by Gasteiger charge is -2.00. The summed E-state index contributed by atoms with van der Waals surface area (Å²) in [5.74, 6) is 0.730. The number of aromatic amines is 1. The zero-order valence-electron chi connectivity index (χ0n) is 8.81. The monoisotopic (exact) mass is 248 g/mol. The van der Waals surface area contributed by atoms with Gasteiger partial charge in [0.1, 0.15) is 5.76 Å². The van der Waals surface area contributed by atoms with E-state index < -0.39 is 0 Å². The average molecular weight is 249 g/mol. The van der Waals surface area contributed by atoms with Crippen molar-refractivity contribution in [2.24, 2.45) is 0 Å². The maximum atomic E-state index is 11.8. The summed E-state index contributed by atoms with van der Waals surface area (Å²) in [6.07, 6.45) is 1.59. The summed E-state index contributed by atoms with van der Waals surface area (Å²) < 4.78 is 6.83. The van der Waals surface area contributed by atoms with E-state index in [0.29, 0.717) is 17.1 Å². The minimum atomic E-state index is -0.190. The Morgan fingerprint density at radius 3 is 2.94 bits per heavy atom. The lowest BCUT2D eigenvalue weighted by Crippen LogP contribution is -2.16. The van der Waals surface area contributed by atoms with Crippen LogP contribution in [-0.4, -0.2) is 9.55 Å². The summed E-state index contributed by atoms with van der Waals surface area (Å²) in [7, 11) is 0. The van der Waals surface area contributed by atoms with Crippen LogP contribution in [0.3, 0.4) is 0 Å². The summed E-state index contributed by atoms with van der Waals surface area (Å²) in [5.41, 5.74) is 1.24. The van der Waals surface area contributed by atoms with Crippen molar-refractivity contribution in [3.05, 3.63) is 57.9 Å². The van der Waals surface area contributed by atoms with E-state index in [2.05, 4.69) is 4.98 Å². The minimum absolute atomic E-state index is 0.190. The molecule has 0 bridgehead atoms. The van der Waals surface area contributed by atoms with Gasteiger partial charge < -0.3 is 9.40 Å². The first-order valence-corrected chi connectivity index (χ1v) is 5.53. The number of rotatable bonds is 2. The van der Waals surface area contributed by atoms with Crippen LogP contribution >= 0.6 is 11.6 Å². The van der Waals surface area contributed by atoms with Crippen LogP contribution in [-0.2, 0) is 6.54 Å². The molecule has 2 aromatic heterocycles. The first-order chi connectivity index (χ1) is 8.25. The quantitative estimate of drug-likeness (QED) is 0.758. The van der Waals surface area contributed by atoms with Crippen molar-refractivity contribution < 1.29 is 4.42 Å². The number of para-hydroxylation sites is 1. The van der Waals surface area contributed by atoms with Crippen LogP contribution in [0, 0.1) is 0 Å². The Bertz CT molecular complexity index is 710. The second-order valence-corrected chi connectivity index (χ2v) is 4.14. The summed E-state index contributed by atoms with van der Waals surface area (Å²) in [6.45, 7) is 0.395. The molecular formula is C12H9ClN2O2. The van der Waals surface area contributed by atoms with E-state index in [-0.39, 0.29) is 5.69 Å². The number of fused-ring (bicyclic) bond motifs is 1. The molecular weight excluding hydrogens is 240 g/mol. The van der Waals surface area contributed by atoms with Gasteiger partial charge in [-0.1, -0.05) is 17.7 Å². The highest BCUT2D eigenvalue weighted by atomic mass is 35.5. The van der Waals surface area contributed by atoms with Gasteiger partial charge in [0.2, 0.25) is 0 Å². The van der Waals surface area contributed by atoms with Gasteiger partial charge in [0, 0.05) is 0 Å². The molecule has 0 aliphatic heterocycles. The molecule has 0 atom stereocenters. The summed E-state index contributed by atoms with van der Waals surface area (Å²) in [5, 5.41) is 0.540. The molecule has 1 N–H and O–H groups in total. The fourth-order valence-corrected chi connectivity index (χ4v) is 2.08. The first-order valence-electron chi connectivity index (χ1n) is 5.15. The Hall–Kier alpha value is -1.94. The van der Waals surface area contributed by atoms with E-state index in [1.54, 1.807) is 23.0 Å². The molecule has 1 aromatic carbocycles. The number of benzene rings is 1. The molecule has 3 aromatic rings. The largest absolute Gasteiger partial charge is 0.467 e. The summed E-state index contributed by atoms with van der Waals surface area (Å²) >= 11 is 6.02. The predicted molar refractivity (Wildman–Crippen MR) is 65.4 cm³/mol. The van der Waals surface area contributed by atoms with Gasteiger partial charge in [-0.15, -0.1) is 0 Å². The predicted octanol–water partition coefficient (Wildman–Crippen LogP) is 2.62. The molecule has 0 radical (unpaired) electrons. The zero-order valence-corrected chi connectivity index (χ0v) is 9.57. The maximum Gasteiger partial charge on any atom is 0.326 e. The Balaban J connectivity index is 2.19. The molecule has 0 saturated heterocycles. The standard InChI is InChI=1S/C12H9ClN2O2/c13-9-4-1-5-10-11(9)14-12(16)15(10)7-8-3-2-6-17-8/h1-6H,7H2,(H,14,16). The van der Waals surface area contributed by atoms with Gasteiger partial charge in [-0.2, -0.15) is 0 Å². The van der Waals surface area contributed by atoms with Crippen LogP contribution in [0.25, 0.3) is 11.0 Å². The number of imidazole rings is 1.